The first-order valence-electron chi connectivity index (χ1n) is 6.83. The number of likely N-dealkylation sites (N-methyl/N-ethyl adjacent to an activating group) is 2. The van der Waals surface area contributed by atoms with Crippen LogP contribution >= 0.6 is 22.6 Å². The van der Waals surface area contributed by atoms with Gasteiger partial charge in [0.15, 0.2) is 0 Å². The number of benzene rings is 2. The van der Waals surface area contributed by atoms with E-state index in [9.17, 15) is 0 Å². The van der Waals surface area contributed by atoms with E-state index >= 15 is 0 Å². The molecular formula is C17H21IN2. The van der Waals surface area contributed by atoms with Crippen molar-refractivity contribution in [3.8, 4) is 0 Å². The lowest BCUT2D eigenvalue weighted by Crippen LogP contribution is -2.32. The summed E-state index contributed by atoms with van der Waals surface area (Å²) < 4.78 is 1.30. The number of hydrogen-bond acceptors (Lipinski definition) is 2. The maximum absolute atomic E-state index is 3.47. The lowest BCUT2D eigenvalue weighted by Gasteiger charge is -2.28. The Balaban J connectivity index is 2.42. The Hall–Kier alpha value is -0.910. The minimum absolute atomic E-state index is 0.245. The molecule has 0 aromatic heterocycles. The lowest BCUT2D eigenvalue weighted by molar-refractivity contribution is 0.431. The van der Waals surface area contributed by atoms with Gasteiger partial charge in [0.25, 0.3) is 0 Å². The van der Waals surface area contributed by atoms with Crippen molar-refractivity contribution < 1.29 is 0 Å². The van der Waals surface area contributed by atoms with E-state index in [1.54, 1.807) is 0 Å². The van der Waals surface area contributed by atoms with Gasteiger partial charge in [-0.25, -0.2) is 0 Å². The number of aryl methyl sites for hydroxylation is 1. The molecule has 0 bridgehead atoms. The van der Waals surface area contributed by atoms with Gasteiger partial charge in [0.05, 0.1) is 12.1 Å². The molecule has 2 N–H and O–H groups in total. The second kappa shape index (κ2) is 7.20. The summed E-state index contributed by atoms with van der Waals surface area (Å²) in [5, 5.41) is 6.92. The van der Waals surface area contributed by atoms with Gasteiger partial charge in [-0.2, -0.15) is 0 Å². The van der Waals surface area contributed by atoms with Crippen LogP contribution in [0.25, 0.3) is 0 Å². The third-order valence-corrected chi connectivity index (χ3v) is 4.58. The second-order valence-electron chi connectivity index (χ2n) is 4.97. The summed E-state index contributed by atoms with van der Waals surface area (Å²) in [4.78, 5) is 0. The van der Waals surface area contributed by atoms with E-state index < -0.39 is 0 Å². The van der Waals surface area contributed by atoms with Crippen LogP contribution in [0.1, 0.15) is 28.8 Å². The highest BCUT2D eigenvalue weighted by Crippen LogP contribution is 2.31. The van der Waals surface area contributed by atoms with Crippen LogP contribution in [0.4, 0.5) is 0 Å². The highest BCUT2D eigenvalue weighted by molar-refractivity contribution is 14.1. The molecule has 0 saturated carbocycles. The van der Waals surface area contributed by atoms with Crippen molar-refractivity contribution >= 4 is 22.6 Å². The normalized spacial score (nSPS) is 14.0. The van der Waals surface area contributed by atoms with Gasteiger partial charge >= 0.3 is 0 Å². The summed E-state index contributed by atoms with van der Waals surface area (Å²) in [6, 6.07) is 17.7. The van der Waals surface area contributed by atoms with Crippen molar-refractivity contribution in [3.05, 3.63) is 68.8 Å². The highest BCUT2D eigenvalue weighted by Gasteiger charge is 2.23. The Bertz CT molecular complexity index is 554. The summed E-state index contributed by atoms with van der Waals surface area (Å²) >= 11 is 2.42. The van der Waals surface area contributed by atoms with E-state index in [0.717, 1.165) is 0 Å². The molecule has 0 heterocycles. The molecule has 2 nitrogen and oxygen atoms in total. The molecule has 0 unspecified atom stereocenters. The molecule has 2 aromatic carbocycles. The predicted octanol–water partition coefficient (Wildman–Crippen LogP) is 3.82. The minimum Gasteiger partial charge on any atom is -0.311 e. The molecule has 0 amide bonds. The van der Waals surface area contributed by atoms with Crippen molar-refractivity contribution in [1.82, 2.24) is 10.6 Å². The van der Waals surface area contributed by atoms with Crippen LogP contribution in [0.5, 0.6) is 0 Å². The number of nitrogens with one attached hydrogen (secondary N) is 2. The topological polar surface area (TPSA) is 24.1 Å². The van der Waals surface area contributed by atoms with E-state index in [1.807, 2.05) is 14.1 Å². The molecule has 2 atom stereocenters. The Kier molecular flexibility index (Phi) is 5.57. The number of hydrogen-bond donors (Lipinski definition) is 2. The van der Waals surface area contributed by atoms with Crippen LogP contribution in [0.15, 0.2) is 48.5 Å². The first kappa shape index (κ1) is 15.5. The Labute approximate surface area is 135 Å². The zero-order valence-electron chi connectivity index (χ0n) is 12.2. The first-order chi connectivity index (χ1) is 9.67. The Morgan fingerprint density at radius 1 is 0.900 bits per heavy atom. The van der Waals surface area contributed by atoms with Gasteiger partial charge in [0.2, 0.25) is 0 Å². The van der Waals surface area contributed by atoms with Crippen molar-refractivity contribution in [1.29, 1.82) is 0 Å². The molecule has 0 spiro atoms. The van der Waals surface area contributed by atoms with Crippen LogP contribution < -0.4 is 10.6 Å². The van der Waals surface area contributed by atoms with Crippen molar-refractivity contribution in [2.24, 2.45) is 0 Å². The highest BCUT2D eigenvalue weighted by atomic mass is 127. The standard InChI is InChI=1S/C17H21IN2/c1-12-9-10-15(18)14(11-12)17(20-3)16(19-2)13-7-5-4-6-8-13/h4-11,16-17,19-20H,1-3H3/t16-,17-/m0/s1. The van der Waals surface area contributed by atoms with Gasteiger partial charge < -0.3 is 10.6 Å². The molecule has 0 aliphatic heterocycles. The van der Waals surface area contributed by atoms with E-state index in [-0.39, 0.29) is 12.1 Å². The monoisotopic (exact) mass is 380 g/mol. The molecule has 3 heteroatoms. The van der Waals surface area contributed by atoms with E-state index in [1.165, 1.54) is 20.3 Å². The minimum atomic E-state index is 0.245. The number of halogens is 1. The quantitative estimate of drug-likeness (QED) is 0.771. The molecule has 0 aliphatic rings. The van der Waals surface area contributed by atoms with E-state index in [2.05, 4.69) is 88.7 Å². The van der Waals surface area contributed by atoms with E-state index in [4.69, 9.17) is 0 Å². The average molecular weight is 380 g/mol. The van der Waals surface area contributed by atoms with Gasteiger partial charge in [-0.15, -0.1) is 0 Å². The summed E-state index contributed by atoms with van der Waals surface area (Å²) in [5.41, 5.74) is 3.94. The molecule has 0 aliphatic carbocycles. The van der Waals surface area contributed by atoms with E-state index in [0.29, 0.717) is 0 Å². The smallest absolute Gasteiger partial charge is 0.0526 e. The summed E-state index contributed by atoms with van der Waals surface area (Å²) in [7, 11) is 4.04. The fourth-order valence-corrected chi connectivity index (χ4v) is 3.26. The Morgan fingerprint density at radius 2 is 1.55 bits per heavy atom. The van der Waals surface area contributed by atoms with Crippen LogP contribution in [-0.2, 0) is 0 Å². The van der Waals surface area contributed by atoms with Crippen molar-refractivity contribution in [2.75, 3.05) is 14.1 Å². The third-order valence-electron chi connectivity index (χ3n) is 3.60. The second-order valence-corrected chi connectivity index (χ2v) is 6.13. The molecule has 2 rings (SSSR count). The van der Waals surface area contributed by atoms with Gasteiger partial charge in [-0.3, -0.25) is 0 Å². The molecule has 2 aromatic rings. The van der Waals surface area contributed by atoms with Crippen molar-refractivity contribution in [3.63, 3.8) is 0 Å². The fraction of sp³-hybridized carbons (Fsp3) is 0.294. The Morgan fingerprint density at radius 3 is 2.15 bits per heavy atom. The van der Waals surface area contributed by atoms with Gasteiger partial charge in [0.1, 0.15) is 0 Å². The lowest BCUT2D eigenvalue weighted by atomic mass is 9.93. The van der Waals surface area contributed by atoms with Gasteiger partial charge in [-0.05, 0) is 60.8 Å². The maximum atomic E-state index is 3.47. The fourth-order valence-electron chi connectivity index (χ4n) is 2.59. The van der Waals surface area contributed by atoms with Crippen LogP contribution in [0, 0.1) is 10.5 Å². The van der Waals surface area contributed by atoms with Gasteiger partial charge in [-0.1, -0.05) is 48.0 Å². The molecule has 0 saturated heterocycles. The summed E-state index contributed by atoms with van der Waals surface area (Å²) in [6.07, 6.45) is 0. The van der Waals surface area contributed by atoms with Gasteiger partial charge in [0, 0.05) is 3.57 Å². The van der Waals surface area contributed by atoms with Crippen LogP contribution in [0.2, 0.25) is 0 Å². The predicted molar refractivity (Wildman–Crippen MR) is 93.9 cm³/mol. The van der Waals surface area contributed by atoms with Crippen LogP contribution in [0.3, 0.4) is 0 Å². The first-order valence-corrected chi connectivity index (χ1v) is 7.90. The zero-order valence-corrected chi connectivity index (χ0v) is 14.3. The number of rotatable bonds is 5. The van der Waals surface area contributed by atoms with Crippen molar-refractivity contribution in [2.45, 2.75) is 19.0 Å². The SMILES string of the molecule is CN[C@@H](c1ccccc1)[C@@H](NC)c1cc(C)ccc1I. The molecule has 20 heavy (non-hydrogen) atoms. The third kappa shape index (κ3) is 3.40. The summed E-state index contributed by atoms with van der Waals surface area (Å²) in [5.74, 6) is 0. The molecule has 106 valence electrons. The van der Waals surface area contributed by atoms with Crippen LogP contribution in [-0.4, -0.2) is 14.1 Å². The average Bonchev–Trinajstić information content (AvgIpc) is 2.48. The molecular weight excluding hydrogens is 359 g/mol. The zero-order chi connectivity index (χ0) is 14.5. The molecule has 0 fully saturated rings. The summed E-state index contributed by atoms with van der Waals surface area (Å²) in [6.45, 7) is 2.14. The maximum Gasteiger partial charge on any atom is 0.0526 e. The molecule has 0 radical (unpaired) electrons. The largest absolute Gasteiger partial charge is 0.311 e.